The third kappa shape index (κ3) is 3.75. The molecule has 4 aromatic carbocycles. The SMILES string of the molecule is O=C1Cc2ccccc2C(c2ccccc2)=N[C@@H]1Nc1nnc(-c2ccc3ccccc3c2)o1. The van der Waals surface area contributed by atoms with E-state index in [0.717, 1.165) is 38.7 Å². The van der Waals surface area contributed by atoms with Gasteiger partial charge in [0.15, 0.2) is 11.9 Å². The lowest BCUT2D eigenvalue weighted by molar-refractivity contribution is -0.119. The zero-order valence-electron chi connectivity index (χ0n) is 18.2. The molecule has 6 rings (SSSR count). The van der Waals surface area contributed by atoms with Gasteiger partial charge in [0.1, 0.15) is 0 Å². The van der Waals surface area contributed by atoms with E-state index in [0.29, 0.717) is 5.89 Å². The quantitative estimate of drug-likeness (QED) is 0.407. The van der Waals surface area contributed by atoms with Crippen LogP contribution >= 0.6 is 0 Å². The number of carbonyl (C=O) groups is 1. The van der Waals surface area contributed by atoms with Crippen LogP contribution in [0.2, 0.25) is 0 Å². The van der Waals surface area contributed by atoms with Gasteiger partial charge in [-0.1, -0.05) is 90.0 Å². The maximum Gasteiger partial charge on any atom is 0.317 e. The van der Waals surface area contributed by atoms with E-state index in [1.54, 1.807) is 0 Å². The van der Waals surface area contributed by atoms with Gasteiger partial charge in [-0.2, -0.15) is 0 Å². The van der Waals surface area contributed by atoms with Crippen LogP contribution in [0.4, 0.5) is 6.01 Å². The van der Waals surface area contributed by atoms with E-state index >= 15 is 0 Å². The van der Waals surface area contributed by atoms with Crippen molar-refractivity contribution in [2.24, 2.45) is 4.99 Å². The minimum absolute atomic E-state index is 0.0659. The molecule has 6 nitrogen and oxygen atoms in total. The smallest absolute Gasteiger partial charge is 0.317 e. The van der Waals surface area contributed by atoms with Crippen LogP contribution < -0.4 is 5.32 Å². The minimum atomic E-state index is -0.840. The summed E-state index contributed by atoms with van der Waals surface area (Å²) in [4.78, 5) is 17.9. The Labute approximate surface area is 196 Å². The van der Waals surface area contributed by atoms with Crippen LogP contribution in [0, 0.1) is 0 Å². The molecule has 5 aromatic rings. The van der Waals surface area contributed by atoms with Gasteiger partial charge in [0.2, 0.25) is 5.89 Å². The monoisotopic (exact) mass is 444 g/mol. The third-order valence-corrected chi connectivity index (χ3v) is 5.93. The second kappa shape index (κ2) is 8.41. The van der Waals surface area contributed by atoms with E-state index < -0.39 is 6.17 Å². The minimum Gasteiger partial charge on any atom is -0.403 e. The second-order valence-electron chi connectivity index (χ2n) is 8.17. The first-order valence-corrected chi connectivity index (χ1v) is 11.1. The molecule has 0 radical (unpaired) electrons. The number of benzene rings is 4. The van der Waals surface area contributed by atoms with Crippen molar-refractivity contribution in [3.8, 4) is 11.5 Å². The summed E-state index contributed by atoms with van der Waals surface area (Å²) in [5, 5.41) is 13.6. The first-order valence-electron chi connectivity index (χ1n) is 11.1. The maximum atomic E-state index is 13.1. The van der Waals surface area contributed by atoms with E-state index in [4.69, 9.17) is 9.41 Å². The number of hydrogen-bond acceptors (Lipinski definition) is 6. The van der Waals surface area contributed by atoms with Gasteiger partial charge in [0.05, 0.1) is 5.71 Å². The van der Waals surface area contributed by atoms with Gasteiger partial charge in [0.25, 0.3) is 0 Å². The molecule has 0 unspecified atom stereocenters. The van der Waals surface area contributed by atoms with Gasteiger partial charge in [-0.3, -0.25) is 9.79 Å². The number of anilines is 1. The highest BCUT2D eigenvalue weighted by atomic mass is 16.4. The molecule has 1 aliphatic rings. The predicted molar refractivity (Wildman–Crippen MR) is 132 cm³/mol. The predicted octanol–water partition coefficient (Wildman–Crippen LogP) is 5.29. The zero-order valence-corrected chi connectivity index (χ0v) is 18.2. The molecule has 1 aromatic heterocycles. The van der Waals surface area contributed by atoms with Crippen LogP contribution in [-0.4, -0.2) is 27.9 Å². The van der Waals surface area contributed by atoms with Crippen molar-refractivity contribution in [2.75, 3.05) is 5.32 Å². The molecule has 1 N–H and O–H groups in total. The average Bonchev–Trinajstić information content (AvgIpc) is 3.30. The van der Waals surface area contributed by atoms with Crippen LogP contribution in [-0.2, 0) is 11.2 Å². The van der Waals surface area contributed by atoms with E-state index in [1.807, 2.05) is 91.0 Å². The Kier molecular flexibility index (Phi) is 4.96. The van der Waals surface area contributed by atoms with E-state index in [2.05, 4.69) is 21.6 Å². The molecule has 0 amide bonds. The first kappa shape index (κ1) is 20.1. The molecule has 6 heteroatoms. The summed E-state index contributed by atoms with van der Waals surface area (Å²) in [5.74, 6) is 0.314. The van der Waals surface area contributed by atoms with Crippen molar-refractivity contribution in [1.29, 1.82) is 0 Å². The Balaban J connectivity index is 1.34. The molecule has 34 heavy (non-hydrogen) atoms. The number of carbonyl (C=O) groups excluding carboxylic acids is 1. The van der Waals surface area contributed by atoms with Crippen LogP contribution in [0.25, 0.3) is 22.2 Å². The van der Waals surface area contributed by atoms with Gasteiger partial charge in [-0.15, -0.1) is 5.10 Å². The highest BCUT2D eigenvalue weighted by Gasteiger charge is 2.27. The summed E-state index contributed by atoms with van der Waals surface area (Å²) < 4.78 is 5.87. The second-order valence-corrected chi connectivity index (χ2v) is 8.17. The highest BCUT2D eigenvalue weighted by molar-refractivity contribution is 6.16. The molecule has 1 atom stereocenters. The Bertz CT molecular complexity index is 1540. The molecule has 0 saturated carbocycles. The first-order chi connectivity index (χ1) is 16.7. The number of rotatable bonds is 4. The van der Waals surface area contributed by atoms with Crippen LogP contribution in [0.1, 0.15) is 16.7 Å². The number of Topliss-reactive ketones (excluding diaryl/α,β-unsaturated/α-hetero) is 1. The zero-order chi connectivity index (χ0) is 22.9. The Morgan fingerprint density at radius 3 is 2.41 bits per heavy atom. The molecule has 0 bridgehead atoms. The number of aliphatic imine (C=N–C) groups is 1. The summed E-state index contributed by atoms with van der Waals surface area (Å²) in [6.07, 6.45) is -0.577. The third-order valence-electron chi connectivity index (χ3n) is 5.93. The molecule has 0 spiro atoms. The molecular weight excluding hydrogens is 424 g/mol. The van der Waals surface area contributed by atoms with Crippen molar-refractivity contribution in [3.05, 3.63) is 114 Å². The summed E-state index contributed by atoms with van der Waals surface area (Å²) in [7, 11) is 0. The summed E-state index contributed by atoms with van der Waals surface area (Å²) in [5.41, 5.74) is 4.41. The fraction of sp³-hybridized carbons (Fsp3) is 0.0714. The molecule has 0 fully saturated rings. The Morgan fingerprint density at radius 1 is 0.765 bits per heavy atom. The summed E-state index contributed by atoms with van der Waals surface area (Å²) >= 11 is 0. The number of aromatic nitrogens is 2. The largest absolute Gasteiger partial charge is 0.403 e. The van der Waals surface area contributed by atoms with Crippen LogP contribution in [0.3, 0.4) is 0 Å². The molecule has 0 saturated heterocycles. The molecule has 2 heterocycles. The molecule has 1 aliphatic heterocycles. The fourth-order valence-electron chi connectivity index (χ4n) is 4.24. The lowest BCUT2D eigenvalue weighted by Crippen LogP contribution is -2.29. The van der Waals surface area contributed by atoms with Crippen molar-refractivity contribution in [1.82, 2.24) is 10.2 Å². The lowest BCUT2D eigenvalue weighted by atomic mass is 9.96. The number of ketones is 1. The average molecular weight is 444 g/mol. The van der Waals surface area contributed by atoms with Crippen LogP contribution in [0.15, 0.2) is 106 Å². The molecule has 0 aliphatic carbocycles. The Hall–Kier alpha value is -4.58. The van der Waals surface area contributed by atoms with Crippen molar-refractivity contribution in [3.63, 3.8) is 0 Å². The van der Waals surface area contributed by atoms with E-state index in [1.165, 1.54) is 0 Å². The van der Waals surface area contributed by atoms with E-state index in [9.17, 15) is 4.79 Å². The number of hydrogen-bond donors (Lipinski definition) is 1. The van der Waals surface area contributed by atoms with Gasteiger partial charge < -0.3 is 9.73 Å². The standard InChI is InChI=1S/C28H20N4O2/c33-24-17-21-12-6-7-13-23(21)25(19-9-2-1-3-10-19)29-26(24)30-28-32-31-27(34-28)22-15-14-18-8-4-5-11-20(18)16-22/h1-16,26H,17H2,(H,30,32)/t26-/m1/s1. The topological polar surface area (TPSA) is 80.4 Å². The number of nitrogens with zero attached hydrogens (tertiary/aromatic N) is 3. The van der Waals surface area contributed by atoms with Crippen molar-refractivity contribution in [2.45, 2.75) is 12.6 Å². The summed E-state index contributed by atoms with van der Waals surface area (Å²) in [6, 6.07) is 32.0. The molecular formula is C28H20N4O2. The van der Waals surface area contributed by atoms with Gasteiger partial charge in [-0.25, -0.2) is 0 Å². The maximum absolute atomic E-state index is 13.1. The van der Waals surface area contributed by atoms with Gasteiger partial charge >= 0.3 is 6.01 Å². The van der Waals surface area contributed by atoms with Gasteiger partial charge in [-0.05, 0) is 28.5 Å². The number of fused-ring (bicyclic) bond motifs is 2. The Morgan fingerprint density at radius 2 is 1.53 bits per heavy atom. The van der Waals surface area contributed by atoms with Crippen molar-refractivity contribution < 1.29 is 9.21 Å². The summed E-state index contributed by atoms with van der Waals surface area (Å²) in [6.45, 7) is 0. The van der Waals surface area contributed by atoms with Crippen molar-refractivity contribution >= 4 is 28.3 Å². The van der Waals surface area contributed by atoms with Gasteiger partial charge in [0, 0.05) is 23.1 Å². The lowest BCUT2D eigenvalue weighted by Gasteiger charge is -2.11. The molecule has 164 valence electrons. The normalized spacial score (nSPS) is 15.5. The van der Waals surface area contributed by atoms with E-state index in [-0.39, 0.29) is 18.2 Å². The van der Waals surface area contributed by atoms with Crippen LogP contribution in [0.5, 0.6) is 0 Å². The fourth-order valence-corrected chi connectivity index (χ4v) is 4.24. The highest BCUT2D eigenvalue weighted by Crippen LogP contribution is 2.26. The number of nitrogens with one attached hydrogen (secondary N) is 1.